The van der Waals surface area contributed by atoms with Crippen LogP contribution in [0.25, 0.3) is 17.0 Å². The Balaban J connectivity index is 1.58. The van der Waals surface area contributed by atoms with Crippen LogP contribution in [0.5, 0.6) is 5.88 Å². The Hall–Kier alpha value is -5.18. The molecular weight excluding hydrogens is 460 g/mol. The summed E-state index contributed by atoms with van der Waals surface area (Å²) in [4.78, 5) is 42.8. The van der Waals surface area contributed by atoms with Crippen LogP contribution >= 0.6 is 0 Å². The van der Waals surface area contributed by atoms with E-state index >= 15 is 0 Å². The van der Waals surface area contributed by atoms with Gasteiger partial charge in [0.05, 0.1) is 29.6 Å². The number of ether oxygens (including phenoxy) is 1. The van der Waals surface area contributed by atoms with Crippen LogP contribution in [0.2, 0.25) is 0 Å². The highest BCUT2D eigenvalue weighted by atomic mass is 16.5. The summed E-state index contributed by atoms with van der Waals surface area (Å²) in [6.45, 7) is 0. The third-order valence-corrected chi connectivity index (χ3v) is 5.65. The lowest BCUT2D eigenvalue weighted by Gasteiger charge is -2.08. The number of benzene rings is 3. The van der Waals surface area contributed by atoms with Crippen LogP contribution in [0.3, 0.4) is 0 Å². The molecule has 0 bridgehead atoms. The van der Waals surface area contributed by atoms with Gasteiger partial charge in [0.2, 0.25) is 0 Å². The number of fused-ring (bicyclic) bond motifs is 1. The molecule has 1 saturated heterocycles. The number of aromatic nitrogens is 1. The number of amides is 3. The van der Waals surface area contributed by atoms with E-state index in [4.69, 9.17) is 9.73 Å². The number of carbonyl (C=O) groups is 3. The molecule has 2 heterocycles. The molecule has 0 atom stereocenters. The summed E-state index contributed by atoms with van der Waals surface area (Å²) >= 11 is 0. The van der Waals surface area contributed by atoms with Gasteiger partial charge in [0, 0.05) is 16.5 Å². The first-order valence-corrected chi connectivity index (χ1v) is 10.9. The van der Waals surface area contributed by atoms with Crippen molar-refractivity contribution in [2.24, 2.45) is 4.99 Å². The quantitative estimate of drug-likeness (QED) is 0.148. The molecule has 0 saturated carbocycles. The van der Waals surface area contributed by atoms with Gasteiger partial charge in [0.25, 0.3) is 5.91 Å². The van der Waals surface area contributed by atoms with Gasteiger partial charge in [-0.2, -0.15) is 0 Å². The standard InChI is InChI=1S/C27H20N4O5/c1-36-26(34)17-9-12-19-20(14-17)29-25(33)22(19)23(16-5-3-2-4-6-16)28-18-10-7-15(8-11-18)13-21-24(32)31-27(35)30-21/h2-14,29,33H,1H3,(H2,30,31,32,35). The average molecular weight is 480 g/mol. The molecular formula is C27H20N4O5. The summed E-state index contributed by atoms with van der Waals surface area (Å²) in [5.41, 5.74) is 4.19. The Morgan fingerprint density at radius 1 is 0.944 bits per heavy atom. The summed E-state index contributed by atoms with van der Waals surface area (Å²) in [6.07, 6.45) is 1.57. The molecule has 1 aliphatic rings. The van der Waals surface area contributed by atoms with Gasteiger partial charge in [0.15, 0.2) is 5.88 Å². The summed E-state index contributed by atoms with van der Waals surface area (Å²) in [7, 11) is 1.31. The van der Waals surface area contributed by atoms with Crippen molar-refractivity contribution in [2.45, 2.75) is 0 Å². The normalized spacial score (nSPS) is 14.7. The second-order valence-electron chi connectivity index (χ2n) is 7.98. The molecule has 0 aliphatic carbocycles. The van der Waals surface area contributed by atoms with E-state index in [1.54, 1.807) is 48.5 Å². The van der Waals surface area contributed by atoms with Crippen molar-refractivity contribution in [2.75, 3.05) is 7.11 Å². The van der Waals surface area contributed by atoms with Crippen LogP contribution in [0.1, 0.15) is 27.0 Å². The van der Waals surface area contributed by atoms with Crippen LogP contribution in [0, 0.1) is 0 Å². The maximum Gasteiger partial charge on any atom is 0.337 e. The van der Waals surface area contributed by atoms with E-state index in [-0.39, 0.29) is 11.6 Å². The second kappa shape index (κ2) is 9.22. The van der Waals surface area contributed by atoms with Crippen molar-refractivity contribution in [1.82, 2.24) is 15.6 Å². The molecule has 0 radical (unpaired) electrons. The first kappa shape index (κ1) is 22.6. The number of methoxy groups -OCH3 is 1. The zero-order valence-corrected chi connectivity index (χ0v) is 19.0. The number of nitrogens with zero attached hydrogens (tertiary/aromatic N) is 1. The van der Waals surface area contributed by atoms with Gasteiger partial charge >= 0.3 is 12.0 Å². The summed E-state index contributed by atoms with van der Waals surface area (Å²) in [5, 5.41) is 16.1. The third-order valence-electron chi connectivity index (χ3n) is 5.65. The van der Waals surface area contributed by atoms with Crippen molar-refractivity contribution in [3.05, 3.63) is 101 Å². The van der Waals surface area contributed by atoms with Crippen molar-refractivity contribution in [3.63, 3.8) is 0 Å². The number of aromatic hydroxyl groups is 1. The zero-order chi connectivity index (χ0) is 25.2. The monoisotopic (exact) mass is 480 g/mol. The van der Waals surface area contributed by atoms with Gasteiger partial charge in [0.1, 0.15) is 5.70 Å². The first-order valence-electron chi connectivity index (χ1n) is 10.9. The number of nitrogens with one attached hydrogen (secondary N) is 3. The molecule has 1 fully saturated rings. The number of rotatable bonds is 5. The van der Waals surface area contributed by atoms with Crippen LogP contribution < -0.4 is 10.6 Å². The zero-order valence-electron chi connectivity index (χ0n) is 19.0. The van der Waals surface area contributed by atoms with Gasteiger partial charge in [-0.05, 0) is 35.9 Å². The molecule has 1 aromatic heterocycles. The number of esters is 1. The molecule has 9 heteroatoms. The van der Waals surface area contributed by atoms with Crippen molar-refractivity contribution >= 4 is 46.3 Å². The van der Waals surface area contributed by atoms with Gasteiger partial charge in [-0.25, -0.2) is 14.6 Å². The predicted octanol–water partition coefficient (Wildman–Crippen LogP) is 4.01. The van der Waals surface area contributed by atoms with E-state index in [9.17, 15) is 19.5 Å². The smallest absolute Gasteiger partial charge is 0.337 e. The third kappa shape index (κ3) is 4.32. The number of H-pyrrole nitrogens is 1. The number of hydrogen-bond acceptors (Lipinski definition) is 6. The molecule has 36 heavy (non-hydrogen) atoms. The summed E-state index contributed by atoms with van der Waals surface area (Å²) < 4.78 is 4.79. The Kier molecular flexibility index (Phi) is 5.79. The topological polar surface area (TPSA) is 133 Å². The van der Waals surface area contributed by atoms with E-state index in [0.29, 0.717) is 39.0 Å². The van der Waals surface area contributed by atoms with Crippen LogP contribution in [-0.4, -0.2) is 40.8 Å². The fraction of sp³-hybridized carbons (Fsp3) is 0.0370. The first-order chi connectivity index (χ1) is 17.4. The summed E-state index contributed by atoms with van der Waals surface area (Å²) in [6, 6.07) is 20.9. The van der Waals surface area contributed by atoms with E-state index in [2.05, 4.69) is 15.6 Å². The van der Waals surface area contributed by atoms with E-state index in [1.165, 1.54) is 7.11 Å². The van der Waals surface area contributed by atoms with Gasteiger partial charge in [-0.15, -0.1) is 0 Å². The highest BCUT2D eigenvalue weighted by molar-refractivity contribution is 6.22. The fourth-order valence-corrected chi connectivity index (χ4v) is 3.95. The number of hydrogen-bond donors (Lipinski definition) is 4. The van der Waals surface area contributed by atoms with Crippen LogP contribution in [0.4, 0.5) is 10.5 Å². The Labute approximate surface area is 205 Å². The van der Waals surface area contributed by atoms with Gasteiger partial charge < -0.3 is 20.1 Å². The van der Waals surface area contributed by atoms with Crippen molar-refractivity contribution < 1.29 is 24.2 Å². The number of imide groups is 1. The number of urea groups is 1. The fourth-order valence-electron chi connectivity index (χ4n) is 3.95. The minimum absolute atomic E-state index is 0.0843. The number of aliphatic imine (C=N–C) groups is 1. The van der Waals surface area contributed by atoms with Gasteiger partial charge in [-0.1, -0.05) is 48.5 Å². The maximum atomic E-state index is 11.9. The second-order valence-corrected chi connectivity index (χ2v) is 7.98. The molecule has 3 amide bonds. The van der Waals surface area contributed by atoms with Crippen LogP contribution in [0.15, 0.2) is 83.5 Å². The van der Waals surface area contributed by atoms with Crippen molar-refractivity contribution in [3.8, 4) is 5.88 Å². The molecule has 178 valence electrons. The SMILES string of the molecule is COC(=O)c1ccc2c(C(=Nc3ccc(C=C4NC(=O)NC4=O)cc3)c3ccccc3)c(O)[nH]c2c1. The molecule has 3 aromatic carbocycles. The lowest BCUT2D eigenvalue weighted by Crippen LogP contribution is -2.22. The van der Waals surface area contributed by atoms with Gasteiger partial charge in [-0.3, -0.25) is 10.1 Å². The maximum absolute atomic E-state index is 11.9. The van der Waals surface area contributed by atoms with E-state index in [1.807, 2.05) is 30.3 Å². The lowest BCUT2D eigenvalue weighted by atomic mass is 10.00. The largest absolute Gasteiger partial charge is 0.494 e. The molecule has 0 spiro atoms. The molecule has 0 unspecified atom stereocenters. The number of aromatic amines is 1. The number of carbonyl (C=O) groups excluding carboxylic acids is 3. The minimum atomic E-state index is -0.558. The molecule has 4 aromatic rings. The lowest BCUT2D eigenvalue weighted by molar-refractivity contribution is -0.115. The Bertz CT molecular complexity index is 1570. The minimum Gasteiger partial charge on any atom is -0.494 e. The van der Waals surface area contributed by atoms with Crippen LogP contribution in [-0.2, 0) is 9.53 Å². The molecule has 9 nitrogen and oxygen atoms in total. The molecule has 5 rings (SSSR count). The average Bonchev–Trinajstić information content (AvgIpc) is 3.39. The van der Waals surface area contributed by atoms with E-state index < -0.39 is 17.9 Å². The highest BCUT2D eigenvalue weighted by Crippen LogP contribution is 2.32. The molecule has 1 aliphatic heterocycles. The van der Waals surface area contributed by atoms with E-state index in [0.717, 1.165) is 5.56 Å². The Morgan fingerprint density at radius 2 is 1.69 bits per heavy atom. The predicted molar refractivity (Wildman–Crippen MR) is 134 cm³/mol. The van der Waals surface area contributed by atoms with Crippen molar-refractivity contribution in [1.29, 1.82) is 0 Å². The summed E-state index contributed by atoms with van der Waals surface area (Å²) in [5.74, 6) is -1.05. The molecule has 4 N–H and O–H groups in total. The Morgan fingerprint density at radius 3 is 2.36 bits per heavy atom. The highest BCUT2D eigenvalue weighted by Gasteiger charge is 2.23.